The van der Waals surface area contributed by atoms with Gasteiger partial charge in [-0.05, 0) is 162 Å². The predicted molar refractivity (Wildman–Crippen MR) is 300 cm³/mol. The number of ether oxygens (including phenoxy) is 3. The summed E-state index contributed by atoms with van der Waals surface area (Å²) in [6, 6.07) is 36.8. The standard InChI is InChI=1S/C35H36F3N4.C24H17N3O6.CNS.Ru/c1-3-5-7-9-25-11-16-29(17-12-25)42(30-18-13-26(14-19-30)10-8-6-4-2)31-20-15-27-24-39-32(22-28(27)21-31)33-23-34(41-40-33)35(36,37)38;28-15-31-8-3-18-1-6-25-21(11-18)23-13-20(5-10-33-17-30)14-24(27-23)22-12-19(2-7-26-22)4-9-32-16-29;2-1-3;/h11-24H,3-10H2,1-2H3;1-17H;;/q-1;;-1;+2/b;8-3+,9-4+,10-5+;;. The molecule has 0 N–H and O–H groups in total. The smallest absolute Gasteiger partial charge is 0.753 e. The van der Waals surface area contributed by atoms with Crippen LogP contribution in [0.15, 0.2) is 153 Å². The molecule has 5 heterocycles. The van der Waals surface area contributed by atoms with Crippen molar-refractivity contribution in [2.24, 2.45) is 0 Å². The SMILES string of the molecule is CCCCCc1ccc(N(c2ccc(CCCCC)cc2)c2ccc3cnc(-c4cc(C(F)(F)F)n[n-]4)cc3c2)cc1.O=CO/C=C/c1ccnc(-c2cc(/C=C/OC=O)cc(-c3cc(/C=C/OC=O)ccn3)n2)c1.[N-]=C=S.[Ru+2]. The first-order valence-corrected chi connectivity index (χ1v) is 25.1. The molecule has 0 radical (unpaired) electrons. The maximum Gasteiger partial charge on any atom is 2.00 e. The van der Waals surface area contributed by atoms with Crippen LogP contribution in [0.4, 0.5) is 30.2 Å². The molecule has 8 aromatic rings. The molecule has 3 aromatic carbocycles. The Balaban J connectivity index is 0.000000281. The van der Waals surface area contributed by atoms with Crippen molar-refractivity contribution in [1.82, 2.24) is 30.1 Å². The third-order valence-corrected chi connectivity index (χ3v) is 11.7. The van der Waals surface area contributed by atoms with Crippen LogP contribution in [0.25, 0.3) is 68.6 Å². The fraction of sp³-hybridized carbons (Fsp3) is 0.183. The summed E-state index contributed by atoms with van der Waals surface area (Å²) in [6.45, 7) is 5.39. The van der Waals surface area contributed by atoms with Gasteiger partial charge < -0.3 is 34.7 Å². The molecule has 5 aromatic heterocycles. The summed E-state index contributed by atoms with van der Waals surface area (Å²) in [5.41, 5.74) is 9.48. The van der Waals surface area contributed by atoms with Gasteiger partial charge in [0.15, 0.2) is 0 Å². The molecule has 0 saturated heterocycles. The van der Waals surface area contributed by atoms with Gasteiger partial charge in [0, 0.05) is 41.0 Å². The topological polar surface area (TPSA) is 183 Å². The molecule has 0 unspecified atom stereocenters. The summed E-state index contributed by atoms with van der Waals surface area (Å²) in [6.07, 6.45) is 18.2. The normalized spacial score (nSPS) is 10.9. The van der Waals surface area contributed by atoms with E-state index in [0.717, 1.165) is 57.9 Å². The van der Waals surface area contributed by atoms with E-state index in [1.165, 1.54) is 73.6 Å². The first-order chi connectivity index (χ1) is 38.0. The Hall–Kier alpha value is -8.63. The van der Waals surface area contributed by atoms with Crippen LogP contribution in [0.3, 0.4) is 0 Å². The third kappa shape index (κ3) is 18.8. The number of nitrogens with zero attached hydrogens (tertiary/aromatic N) is 8. The number of benzene rings is 3. The molecule has 0 atom stereocenters. The fourth-order valence-electron chi connectivity index (χ4n) is 7.94. The van der Waals surface area contributed by atoms with E-state index in [0.29, 0.717) is 53.4 Å². The van der Waals surface area contributed by atoms with Gasteiger partial charge in [-0.3, -0.25) is 29.3 Å². The van der Waals surface area contributed by atoms with Crippen LogP contribution >= 0.6 is 12.2 Å². The van der Waals surface area contributed by atoms with Gasteiger partial charge in [-0.15, -0.1) is 0 Å². The third-order valence-electron chi connectivity index (χ3n) is 11.7. The van der Waals surface area contributed by atoms with E-state index in [1.807, 2.05) is 12.1 Å². The minimum atomic E-state index is -4.55. The van der Waals surface area contributed by atoms with E-state index in [1.54, 1.807) is 79.3 Å². The molecule has 14 nitrogen and oxygen atoms in total. The second kappa shape index (κ2) is 32.2. The van der Waals surface area contributed by atoms with Gasteiger partial charge in [0.05, 0.1) is 47.3 Å². The molecule has 0 bridgehead atoms. The molecule has 79 heavy (non-hydrogen) atoms. The molecule has 0 saturated carbocycles. The average Bonchev–Trinajstić information content (AvgIpc) is 4.00. The van der Waals surface area contributed by atoms with Crippen LogP contribution in [0.1, 0.15) is 85.9 Å². The summed E-state index contributed by atoms with van der Waals surface area (Å²) < 4.78 is 53.2. The second-order valence-electron chi connectivity index (χ2n) is 17.1. The number of aromatic nitrogens is 6. The predicted octanol–water partition coefficient (Wildman–Crippen LogP) is 14.5. The number of alkyl halides is 3. The number of carbonyl (C=O) groups excluding carboxylic acids is 3. The number of hydrogen-bond donors (Lipinski definition) is 0. The zero-order chi connectivity index (χ0) is 55.5. The van der Waals surface area contributed by atoms with Crippen molar-refractivity contribution in [3.63, 3.8) is 0 Å². The number of halogens is 3. The molecular formula is C60H53F3N8O6RuS. The second-order valence-corrected chi connectivity index (χ2v) is 17.3. The number of isothiocyanates is 1. The van der Waals surface area contributed by atoms with Gasteiger partial charge in [0.25, 0.3) is 19.4 Å². The number of pyridine rings is 4. The van der Waals surface area contributed by atoms with Crippen LogP contribution in [0.2, 0.25) is 0 Å². The van der Waals surface area contributed by atoms with Gasteiger partial charge in [0.1, 0.15) is 5.69 Å². The summed E-state index contributed by atoms with van der Waals surface area (Å²) in [4.78, 5) is 51.2. The first-order valence-electron chi connectivity index (χ1n) is 24.7. The molecule has 0 spiro atoms. The number of unbranched alkanes of at least 4 members (excludes halogenated alkanes) is 4. The Morgan fingerprint density at radius 1 is 0.582 bits per heavy atom. The number of fused-ring (bicyclic) bond motifs is 1. The van der Waals surface area contributed by atoms with E-state index in [9.17, 15) is 27.6 Å². The van der Waals surface area contributed by atoms with Crippen LogP contribution in [-0.2, 0) is 67.1 Å². The van der Waals surface area contributed by atoms with Gasteiger partial charge in [-0.2, -0.15) is 18.3 Å². The number of hydrogen-bond acceptors (Lipinski definition) is 13. The summed E-state index contributed by atoms with van der Waals surface area (Å²) in [7, 11) is 0. The van der Waals surface area contributed by atoms with Crippen LogP contribution in [0, 0.1) is 0 Å². The van der Waals surface area contributed by atoms with Crippen LogP contribution in [-0.4, -0.2) is 49.6 Å². The largest absolute Gasteiger partial charge is 2.00 e. The minimum absolute atomic E-state index is 0. The monoisotopic (exact) mass is 1170 g/mol. The molecule has 0 aliphatic carbocycles. The van der Waals surface area contributed by atoms with Gasteiger partial charge in [0.2, 0.25) is 0 Å². The summed E-state index contributed by atoms with van der Waals surface area (Å²) in [5, 5.41) is 17.3. The Kier molecular flexibility index (Phi) is 24.9. The quantitative estimate of drug-likeness (QED) is 0.0112. The maximum absolute atomic E-state index is 13.1. The Morgan fingerprint density at radius 3 is 1.51 bits per heavy atom. The Labute approximate surface area is 473 Å². The molecule has 0 aliphatic heterocycles. The molecule has 0 amide bonds. The van der Waals surface area contributed by atoms with Crippen molar-refractivity contribution in [2.45, 2.75) is 71.4 Å². The van der Waals surface area contributed by atoms with Gasteiger partial charge in [-0.25, -0.2) is 4.98 Å². The Bertz CT molecular complexity index is 3230. The fourth-order valence-corrected chi connectivity index (χ4v) is 7.94. The zero-order valence-corrected chi connectivity index (χ0v) is 45.5. The molecular weight excluding hydrogens is 1120 g/mol. The molecule has 19 heteroatoms. The number of thiocarbonyl (C=S) groups is 1. The van der Waals surface area contributed by atoms with Crippen molar-refractivity contribution < 1.29 is 61.2 Å². The molecule has 404 valence electrons. The zero-order valence-electron chi connectivity index (χ0n) is 43.0. The Morgan fingerprint density at radius 2 is 1.05 bits per heavy atom. The number of carbonyl (C=O) groups is 3. The number of anilines is 3. The van der Waals surface area contributed by atoms with Crippen LogP contribution < -0.4 is 10.00 Å². The number of aryl methyl sites for hydroxylation is 2. The van der Waals surface area contributed by atoms with E-state index < -0.39 is 11.9 Å². The van der Waals surface area contributed by atoms with Crippen molar-refractivity contribution in [2.75, 3.05) is 4.90 Å². The molecule has 0 aliphatic rings. The maximum atomic E-state index is 13.1. The average molecular weight is 1170 g/mol. The van der Waals surface area contributed by atoms with Crippen molar-refractivity contribution in [3.8, 4) is 34.2 Å². The first kappa shape index (κ1) is 61.2. The van der Waals surface area contributed by atoms with E-state index >= 15 is 0 Å². The molecule has 8 rings (SSSR count). The van der Waals surface area contributed by atoms with Crippen molar-refractivity contribution in [1.29, 1.82) is 0 Å². The minimum Gasteiger partial charge on any atom is -0.753 e. The van der Waals surface area contributed by atoms with Crippen LogP contribution in [0.5, 0.6) is 0 Å². The van der Waals surface area contributed by atoms with E-state index in [-0.39, 0.29) is 25.2 Å². The summed E-state index contributed by atoms with van der Waals surface area (Å²) in [5.74, 6) is 0. The number of rotatable bonds is 23. The van der Waals surface area contributed by atoms with Crippen molar-refractivity contribution in [3.05, 3.63) is 192 Å². The van der Waals surface area contributed by atoms with E-state index in [4.69, 9.17) is 5.41 Å². The summed E-state index contributed by atoms with van der Waals surface area (Å²) >= 11 is 3.70. The van der Waals surface area contributed by atoms with Gasteiger partial charge in [-0.1, -0.05) is 87.8 Å². The van der Waals surface area contributed by atoms with Gasteiger partial charge >= 0.3 is 25.7 Å². The van der Waals surface area contributed by atoms with Crippen molar-refractivity contribution >= 4 is 82.9 Å². The van der Waals surface area contributed by atoms with E-state index in [2.05, 4.69) is 130 Å². The molecule has 0 fully saturated rings.